The molecule has 0 atom stereocenters. The molecule has 7 aromatic carbocycles. The Kier molecular flexibility index (Phi) is 7.98. The summed E-state index contributed by atoms with van der Waals surface area (Å²) in [7, 11) is 0. The van der Waals surface area contributed by atoms with Crippen LogP contribution >= 0.6 is 0 Å². The minimum absolute atomic E-state index is 0.0247. The third-order valence-electron chi connectivity index (χ3n) is 16.2. The average Bonchev–Trinajstić information content (AvgIpc) is 3.27. The number of anilines is 3. The van der Waals surface area contributed by atoms with Gasteiger partial charge in [0.2, 0.25) is 0 Å². The molecule has 0 N–H and O–H groups in total. The minimum Gasteiger partial charge on any atom is -0.457 e. The number of hydrogen-bond acceptors (Lipinski definition) is 2. The van der Waals surface area contributed by atoms with Crippen molar-refractivity contribution in [1.82, 2.24) is 0 Å². The van der Waals surface area contributed by atoms with Gasteiger partial charge in [0, 0.05) is 33.6 Å². The Balaban J connectivity index is 1.02. The molecule has 0 radical (unpaired) electrons. The van der Waals surface area contributed by atoms with Crippen molar-refractivity contribution in [1.29, 1.82) is 0 Å². The van der Waals surface area contributed by atoms with E-state index in [0.717, 1.165) is 29.0 Å². The van der Waals surface area contributed by atoms with Gasteiger partial charge in [-0.3, -0.25) is 0 Å². The molecule has 298 valence electrons. The number of rotatable bonds is 5. The monoisotopic (exact) mass is 781 g/mol. The van der Waals surface area contributed by atoms with Crippen molar-refractivity contribution in [3.05, 3.63) is 174 Å². The second kappa shape index (κ2) is 13.2. The average molecular weight is 782 g/mol. The summed E-state index contributed by atoms with van der Waals surface area (Å²) in [5.74, 6) is 5.14. The standard InChI is InChI=1S/C58H55NO/c1-56(2)27-28-57(3,4)52-35-42(21-25-50(52)56)41-13-9-14-46(34-41)59(45-22-19-40(20-23-45)49-16-10-12-39-11-5-6-15-48(39)49)47-24-26-55-53(36-47)58(51-17-7-8-18-54(51)60-55)43-30-37-29-38(32-43)33-44(58)31-37/h5-26,34-38,43-44H,27-33H2,1-4H3. The van der Waals surface area contributed by atoms with Gasteiger partial charge in [-0.05, 0) is 172 Å². The lowest BCUT2D eigenvalue weighted by molar-refractivity contribution is -0.0452. The van der Waals surface area contributed by atoms with Gasteiger partial charge in [0.15, 0.2) is 0 Å². The zero-order valence-electron chi connectivity index (χ0n) is 35.5. The van der Waals surface area contributed by atoms with Crippen LogP contribution < -0.4 is 9.64 Å². The van der Waals surface area contributed by atoms with Crippen LogP contribution in [0.2, 0.25) is 0 Å². The normalized spacial score (nSPS) is 25.0. The summed E-state index contributed by atoms with van der Waals surface area (Å²) in [5, 5.41) is 2.55. The highest BCUT2D eigenvalue weighted by Crippen LogP contribution is 2.69. The van der Waals surface area contributed by atoms with Gasteiger partial charge in [0.05, 0.1) is 0 Å². The lowest BCUT2D eigenvalue weighted by Gasteiger charge is -2.63. The number of hydrogen-bond donors (Lipinski definition) is 0. The van der Waals surface area contributed by atoms with Crippen LogP contribution in [0, 0.1) is 23.7 Å². The molecule has 60 heavy (non-hydrogen) atoms. The van der Waals surface area contributed by atoms with Gasteiger partial charge >= 0.3 is 0 Å². The van der Waals surface area contributed by atoms with Crippen molar-refractivity contribution in [3.8, 4) is 33.8 Å². The van der Waals surface area contributed by atoms with Crippen LogP contribution in [0.1, 0.15) is 94.9 Å². The quantitative estimate of drug-likeness (QED) is 0.172. The fourth-order valence-corrected chi connectivity index (χ4v) is 13.3. The van der Waals surface area contributed by atoms with Gasteiger partial charge < -0.3 is 9.64 Å². The molecule has 1 spiro atoms. The molecule has 2 nitrogen and oxygen atoms in total. The fraction of sp³-hybridized carbons (Fsp3) is 0.310. The van der Waals surface area contributed by atoms with E-state index in [1.165, 1.54) is 112 Å². The second-order valence-electron chi connectivity index (χ2n) is 20.4. The molecular weight excluding hydrogens is 727 g/mol. The van der Waals surface area contributed by atoms with Gasteiger partial charge in [0.25, 0.3) is 0 Å². The molecule has 0 saturated heterocycles. The maximum atomic E-state index is 6.89. The third kappa shape index (κ3) is 5.45. The van der Waals surface area contributed by atoms with Gasteiger partial charge in [-0.1, -0.05) is 131 Å². The maximum absolute atomic E-state index is 6.89. The van der Waals surface area contributed by atoms with E-state index < -0.39 is 0 Å². The summed E-state index contributed by atoms with van der Waals surface area (Å²) in [5.41, 5.74) is 14.7. The van der Waals surface area contributed by atoms with E-state index in [2.05, 4.69) is 184 Å². The molecule has 6 aliphatic rings. The van der Waals surface area contributed by atoms with Gasteiger partial charge in [-0.2, -0.15) is 0 Å². The van der Waals surface area contributed by atoms with E-state index in [9.17, 15) is 0 Å². The van der Waals surface area contributed by atoms with Gasteiger partial charge in [-0.25, -0.2) is 0 Å². The van der Waals surface area contributed by atoms with Gasteiger partial charge in [0.1, 0.15) is 11.5 Å². The molecule has 13 rings (SSSR count). The topological polar surface area (TPSA) is 12.5 Å². The molecule has 0 unspecified atom stereocenters. The Morgan fingerprint density at radius 2 is 1.07 bits per heavy atom. The lowest BCUT2D eigenvalue weighted by Crippen LogP contribution is -2.57. The molecule has 1 heterocycles. The smallest absolute Gasteiger partial charge is 0.131 e. The third-order valence-corrected chi connectivity index (χ3v) is 16.2. The second-order valence-corrected chi connectivity index (χ2v) is 20.4. The van der Waals surface area contributed by atoms with E-state index in [-0.39, 0.29) is 16.2 Å². The highest BCUT2D eigenvalue weighted by atomic mass is 16.5. The van der Waals surface area contributed by atoms with E-state index in [0.29, 0.717) is 11.8 Å². The van der Waals surface area contributed by atoms with Crippen LogP contribution in [-0.4, -0.2) is 0 Å². The van der Waals surface area contributed by atoms with Crippen molar-refractivity contribution < 1.29 is 4.74 Å². The summed E-state index contributed by atoms with van der Waals surface area (Å²) in [4.78, 5) is 2.51. The molecule has 0 aromatic heterocycles. The lowest BCUT2D eigenvalue weighted by atomic mass is 9.42. The zero-order chi connectivity index (χ0) is 40.4. The van der Waals surface area contributed by atoms with Crippen LogP contribution in [0.15, 0.2) is 152 Å². The van der Waals surface area contributed by atoms with E-state index in [1.54, 1.807) is 0 Å². The number of nitrogens with zero attached hydrogens (tertiary/aromatic N) is 1. The first-order valence-electron chi connectivity index (χ1n) is 22.7. The number of ether oxygens (including phenoxy) is 1. The first-order valence-corrected chi connectivity index (χ1v) is 22.7. The Bertz CT molecular complexity index is 2790. The van der Waals surface area contributed by atoms with Crippen molar-refractivity contribution >= 4 is 27.8 Å². The van der Waals surface area contributed by atoms with Gasteiger partial charge in [-0.15, -0.1) is 0 Å². The fourth-order valence-electron chi connectivity index (χ4n) is 13.3. The van der Waals surface area contributed by atoms with Crippen molar-refractivity contribution in [2.75, 3.05) is 4.90 Å². The SMILES string of the molecule is CC1(C)CCC(C)(C)c2cc(-c3cccc(N(c4ccc(-c5cccc6ccccc56)cc4)c4ccc5c(c4)C4(c6ccccc6O5)C5CC6CC(C5)CC4C6)c3)ccc21. The molecule has 4 saturated carbocycles. The highest BCUT2D eigenvalue weighted by molar-refractivity contribution is 5.97. The molecular formula is C58H55NO. The number of para-hydroxylation sites is 1. The Morgan fingerprint density at radius 3 is 1.87 bits per heavy atom. The maximum Gasteiger partial charge on any atom is 0.131 e. The van der Waals surface area contributed by atoms with Crippen molar-refractivity contribution in [2.24, 2.45) is 23.7 Å². The Hall–Kier alpha value is -5.60. The molecule has 5 aliphatic carbocycles. The summed E-state index contributed by atoms with van der Waals surface area (Å²) in [6, 6.07) is 57.4. The van der Waals surface area contributed by atoms with E-state index in [1.807, 2.05) is 0 Å². The van der Waals surface area contributed by atoms with E-state index in [4.69, 9.17) is 4.74 Å². The zero-order valence-corrected chi connectivity index (χ0v) is 35.5. The molecule has 1 aliphatic heterocycles. The van der Waals surface area contributed by atoms with Crippen LogP contribution in [0.3, 0.4) is 0 Å². The Labute approximate surface area is 356 Å². The molecule has 7 aromatic rings. The molecule has 4 bridgehead atoms. The Morgan fingerprint density at radius 1 is 0.450 bits per heavy atom. The predicted octanol–water partition coefficient (Wildman–Crippen LogP) is 15.8. The molecule has 0 amide bonds. The van der Waals surface area contributed by atoms with Crippen molar-refractivity contribution in [3.63, 3.8) is 0 Å². The summed E-state index contributed by atoms with van der Waals surface area (Å²) in [6.07, 6.45) is 9.20. The number of fused-ring (bicyclic) bond motifs is 4. The van der Waals surface area contributed by atoms with Crippen molar-refractivity contribution in [2.45, 2.75) is 88.9 Å². The van der Waals surface area contributed by atoms with Crippen LogP contribution in [0.5, 0.6) is 11.5 Å². The summed E-state index contributed by atoms with van der Waals surface area (Å²) >= 11 is 0. The van der Waals surface area contributed by atoms with E-state index >= 15 is 0 Å². The van der Waals surface area contributed by atoms with Crippen LogP contribution in [0.25, 0.3) is 33.0 Å². The summed E-state index contributed by atoms with van der Waals surface area (Å²) < 4.78 is 6.89. The highest BCUT2D eigenvalue weighted by Gasteiger charge is 2.61. The van der Waals surface area contributed by atoms with Crippen LogP contribution in [-0.2, 0) is 16.2 Å². The molecule has 4 fully saturated rings. The minimum atomic E-state index is -0.0247. The first kappa shape index (κ1) is 36.3. The number of benzene rings is 7. The first-order chi connectivity index (χ1) is 29.2. The largest absolute Gasteiger partial charge is 0.457 e. The predicted molar refractivity (Wildman–Crippen MR) is 249 cm³/mol. The molecule has 2 heteroatoms. The summed E-state index contributed by atoms with van der Waals surface area (Å²) in [6.45, 7) is 9.69. The van der Waals surface area contributed by atoms with Crippen LogP contribution in [0.4, 0.5) is 17.1 Å².